The molecule has 0 saturated heterocycles. The van der Waals surface area contributed by atoms with Gasteiger partial charge in [0, 0.05) is 18.0 Å². The minimum Gasteiger partial charge on any atom is -0.493 e. The third kappa shape index (κ3) is 2.15. The highest BCUT2D eigenvalue weighted by Crippen LogP contribution is 2.30. The summed E-state index contributed by atoms with van der Waals surface area (Å²) in [4.78, 5) is 10.0. The third-order valence-corrected chi connectivity index (χ3v) is 3.63. The van der Waals surface area contributed by atoms with Crippen LogP contribution in [0.4, 0.5) is 5.69 Å². The van der Waals surface area contributed by atoms with Gasteiger partial charge in [0.25, 0.3) is 0 Å². The van der Waals surface area contributed by atoms with Crippen LogP contribution in [0.3, 0.4) is 0 Å². The summed E-state index contributed by atoms with van der Waals surface area (Å²) in [5.74, 6) is 0.00664. The van der Waals surface area contributed by atoms with Gasteiger partial charge < -0.3 is 10.0 Å². The van der Waals surface area contributed by atoms with Gasteiger partial charge in [0.1, 0.15) is 12.4 Å². The molecule has 1 aromatic heterocycles. The van der Waals surface area contributed by atoms with Crippen molar-refractivity contribution in [2.45, 2.75) is 13.0 Å². The molecule has 1 aliphatic rings. The number of benzene rings is 1. The number of aromatic nitrogens is 2. The van der Waals surface area contributed by atoms with Gasteiger partial charge in [0.15, 0.2) is 0 Å². The Morgan fingerprint density at radius 1 is 1.35 bits per heavy atom. The second-order valence-electron chi connectivity index (χ2n) is 4.57. The monoisotopic (exact) mass is 286 g/mol. The minimum absolute atomic E-state index is 0.00664. The Bertz CT molecular complexity index is 711. The Morgan fingerprint density at radius 2 is 2.20 bits per heavy atom. The number of aromatic hydroxyl groups is 1. The van der Waals surface area contributed by atoms with Crippen LogP contribution in [-0.4, -0.2) is 21.6 Å². The molecular formula is C14H11ClN4O. The second kappa shape index (κ2) is 4.99. The van der Waals surface area contributed by atoms with Gasteiger partial charge in [0.2, 0.25) is 5.88 Å². The molecule has 0 saturated carbocycles. The van der Waals surface area contributed by atoms with Crippen LogP contribution >= 0.6 is 11.6 Å². The molecule has 100 valence electrons. The van der Waals surface area contributed by atoms with Crippen molar-refractivity contribution in [3.63, 3.8) is 0 Å². The van der Waals surface area contributed by atoms with E-state index >= 15 is 0 Å². The SMILES string of the molecule is N#Cc1cc(Cl)ccc1N1CCc2ncnc(O)c2C1. The Labute approximate surface area is 121 Å². The zero-order chi connectivity index (χ0) is 14.1. The molecule has 20 heavy (non-hydrogen) atoms. The number of nitrogens with zero attached hydrogens (tertiary/aromatic N) is 4. The molecule has 0 amide bonds. The predicted molar refractivity (Wildman–Crippen MR) is 74.6 cm³/mol. The number of nitriles is 1. The van der Waals surface area contributed by atoms with Crippen molar-refractivity contribution < 1.29 is 5.11 Å². The van der Waals surface area contributed by atoms with Gasteiger partial charge in [-0.1, -0.05) is 11.6 Å². The molecule has 0 fully saturated rings. The molecular weight excluding hydrogens is 276 g/mol. The van der Waals surface area contributed by atoms with E-state index in [4.69, 9.17) is 11.6 Å². The number of fused-ring (bicyclic) bond motifs is 1. The molecule has 1 aliphatic heterocycles. The number of hydrogen-bond donors (Lipinski definition) is 1. The Hall–Kier alpha value is -2.32. The Kier molecular flexibility index (Phi) is 3.17. The van der Waals surface area contributed by atoms with Crippen molar-refractivity contribution in [1.29, 1.82) is 5.26 Å². The van der Waals surface area contributed by atoms with Crippen LogP contribution in [0.2, 0.25) is 5.02 Å². The first kappa shape index (κ1) is 12.7. The van der Waals surface area contributed by atoms with Gasteiger partial charge >= 0.3 is 0 Å². The summed E-state index contributed by atoms with van der Waals surface area (Å²) >= 11 is 5.91. The summed E-state index contributed by atoms with van der Waals surface area (Å²) in [6, 6.07) is 7.38. The fourth-order valence-corrected chi connectivity index (χ4v) is 2.58. The fraction of sp³-hybridized carbons (Fsp3) is 0.214. The van der Waals surface area contributed by atoms with Crippen LogP contribution in [-0.2, 0) is 13.0 Å². The third-order valence-electron chi connectivity index (χ3n) is 3.40. The first-order valence-electron chi connectivity index (χ1n) is 6.15. The van der Waals surface area contributed by atoms with Crippen molar-refractivity contribution in [3.8, 4) is 11.9 Å². The fourth-order valence-electron chi connectivity index (χ4n) is 2.41. The van der Waals surface area contributed by atoms with Crippen LogP contribution < -0.4 is 4.90 Å². The van der Waals surface area contributed by atoms with E-state index in [0.29, 0.717) is 23.6 Å². The maximum absolute atomic E-state index is 9.83. The van der Waals surface area contributed by atoms with E-state index in [1.807, 2.05) is 11.0 Å². The first-order valence-corrected chi connectivity index (χ1v) is 6.53. The van der Waals surface area contributed by atoms with E-state index in [9.17, 15) is 10.4 Å². The zero-order valence-corrected chi connectivity index (χ0v) is 11.3. The van der Waals surface area contributed by atoms with Gasteiger partial charge in [-0.3, -0.25) is 0 Å². The molecule has 0 atom stereocenters. The number of anilines is 1. The maximum atomic E-state index is 9.83. The topological polar surface area (TPSA) is 73.0 Å². The maximum Gasteiger partial charge on any atom is 0.219 e. The van der Waals surface area contributed by atoms with Crippen molar-refractivity contribution in [2.75, 3.05) is 11.4 Å². The molecule has 0 bridgehead atoms. The van der Waals surface area contributed by atoms with Gasteiger partial charge in [-0.15, -0.1) is 0 Å². The summed E-state index contributed by atoms with van der Waals surface area (Å²) in [5.41, 5.74) is 2.92. The van der Waals surface area contributed by atoms with Crippen LogP contribution in [0.1, 0.15) is 16.8 Å². The molecule has 3 rings (SSSR count). The Balaban J connectivity index is 1.99. The largest absolute Gasteiger partial charge is 0.493 e. The average Bonchev–Trinajstić information content (AvgIpc) is 2.47. The number of hydrogen-bond acceptors (Lipinski definition) is 5. The average molecular weight is 287 g/mol. The van der Waals surface area contributed by atoms with Crippen molar-refractivity contribution in [1.82, 2.24) is 9.97 Å². The van der Waals surface area contributed by atoms with Gasteiger partial charge in [0.05, 0.1) is 29.1 Å². The van der Waals surface area contributed by atoms with Crippen LogP contribution in [0.5, 0.6) is 5.88 Å². The normalized spacial score (nSPS) is 13.7. The molecule has 0 spiro atoms. The summed E-state index contributed by atoms with van der Waals surface area (Å²) in [6.45, 7) is 1.22. The lowest BCUT2D eigenvalue weighted by Gasteiger charge is -2.30. The van der Waals surface area contributed by atoms with Crippen molar-refractivity contribution >= 4 is 17.3 Å². The molecule has 2 heterocycles. The van der Waals surface area contributed by atoms with Gasteiger partial charge in [-0.25, -0.2) is 9.97 Å². The first-order chi connectivity index (χ1) is 9.69. The van der Waals surface area contributed by atoms with Crippen LogP contribution in [0.15, 0.2) is 24.5 Å². The smallest absolute Gasteiger partial charge is 0.219 e. The number of rotatable bonds is 1. The zero-order valence-electron chi connectivity index (χ0n) is 10.5. The lowest BCUT2D eigenvalue weighted by atomic mass is 10.0. The van der Waals surface area contributed by atoms with E-state index in [1.54, 1.807) is 12.1 Å². The summed E-state index contributed by atoms with van der Waals surface area (Å²) in [5, 5.41) is 19.6. The van der Waals surface area contributed by atoms with E-state index in [1.165, 1.54) is 6.33 Å². The quantitative estimate of drug-likeness (QED) is 0.870. The molecule has 5 nitrogen and oxygen atoms in total. The highest BCUT2D eigenvalue weighted by Gasteiger charge is 2.22. The number of halogens is 1. The summed E-state index contributed by atoms with van der Waals surface area (Å²) in [6.07, 6.45) is 2.08. The van der Waals surface area contributed by atoms with E-state index < -0.39 is 0 Å². The van der Waals surface area contributed by atoms with Gasteiger partial charge in [-0.05, 0) is 18.2 Å². The molecule has 0 aliphatic carbocycles. The molecule has 6 heteroatoms. The van der Waals surface area contributed by atoms with Crippen LogP contribution in [0.25, 0.3) is 0 Å². The summed E-state index contributed by atoms with van der Waals surface area (Å²) in [7, 11) is 0. The molecule has 0 radical (unpaired) electrons. The Morgan fingerprint density at radius 3 is 3.00 bits per heavy atom. The molecule has 1 N–H and O–H groups in total. The van der Waals surface area contributed by atoms with Crippen molar-refractivity contribution in [2.24, 2.45) is 0 Å². The minimum atomic E-state index is 0.00664. The molecule has 2 aromatic rings. The van der Waals surface area contributed by atoms with Gasteiger partial charge in [-0.2, -0.15) is 5.26 Å². The lowest BCUT2D eigenvalue weighted by Crippen LogP contribution is -2.31. The molecule has 0 unspecified atom stereocenters. The van der Waals surface area contributed by atoms with Crippen molar-refractivity contribution in [3.05, 3.63) is 46.4 Å². The summed E-state index contributed by atoms with van der Waals surface area (Å²) < 4.78 is 0. The predicted octanol–water partition coefficient (Wildman–Crippen LogP) is 2.27. The second-order valence-corrected chi connectivity index (χ2v) is 5.00. The molecule has 1 aromatic carbocycles. The van der Waals surface area contributed by atoms with E-state index in [2.05, 4.69) is 16.0 Å². The highest BCUT2D eigenvalue weighted by atomic mass is 35.5. The van der Waals surface area contributed by atoms with E-state index in [0.717, 1.165) is 23.5 Å². The highest BCUT2D eigenvalue weighted by molar-refractivity contribution is 6.30. The van der Waals surface area contributed by atoms with E-state index in [-0.39, 0.29) is 5.88 Å². The lowest BCUT2D eigenvalue weighted by molar-refractivity contribution is 0.438. The van der Waals surface area contributed by atoms with Crippen LogP contribution in [0, 0.1) is 11.3 Å². The standard InChI is InChI=1S/C14H11ClN4O/c15-10-1-2-13(9(5-10)6-16)19-4-3-12-11(7-19)14(20)18-8-17-12/h1-2,5,8H,3-4,7H2,(H,17,18,20).